The number of nitrogens with zero attached hydrogens (tertiary/aromatic N) is 1. The second kappa shape index (κ2) is 7.12. The molecule has 28 heavy (non-hydrogen) atoms. The smallest absolute Gasteiger partial charge is 0.159 e. The monoisotopic (exact) mass is 373 g/mol. The van der Waals surface area contributed by atoms with E-state index in [2.05, 4.69) is 0 Å². The lowest BCUT2D eigenvalue weighted by Gasteiger charge is -2.11. The molecule has 4 rings (SSSR count). The zero-order valence-electron chi connectivity index (χ0n) is 14.9. The number of aromatic nitrogens is 1. The molecule has 4 N–H and O–H groups in total. The zero-order valence-corrected chi connectivity index (χ0v) is 14.9. The van der Waals surface area contributed by atoms with E-state index in [1.54, 1.807) is 30.3 Å². The summed E-state index contributed by atoms with van der Waals surface area (Å²) in [4.78, 5) is 4.75. The number of rotatable bonds is 3. The third-order valence-corrected chi connectivity index (χ3v) is 4.49. The first-order valence-corrected chi connectivity index (χ1v) is 8.69. The van der Waals surface area contributed by atoms with Gasteiger partial charge in [0, 0.05) is 22.5 Å². The van der Waals surface area contributed by atoms with Crippen LogP contribution in [0.1, 0.15) is 0 Å². The van der Waals surface area contributed by atoms with Gasteiger partial charge < -0.3 is 11.5 Å². The van der Waals surface area contributed by atoms with E-state index in [4.69, 9.17) is 16.5 Å². The second-order valence-electron chi connectivity index (χ2n) is 6.50. The second-order valence-corrected chi connectivity index (χ2v) is 6.50. The van der Waals surface area contributed by atoms with E-state index >= 15 is 0 Å². The Morgan fingerprint density at radius 1 is 0.500 bits per heavy atom. The van der Waals surface area contributed by atoms with Crippen molar-refractivity contribution in [3.05, 3.63) is 90.5 Å². The summed E-state index contributed by atoms with van der Waals surface area (Å²) in [5.74, 6) is -1.77. The molecule has 0 unspecified atom stereocenters. The Bertz CT molecular complexity index is 1070. The van der Waals surface area contributed by atoms with Crippen molar-refractivity contribution >= 4 is 11.4 Å². The van der Waals surface area contributed by atoms with Crippen LogP contribution in [0.5, 0.6) is 0 Å². The lowest BCUT2D eigenvalue weighted by Crippen LogP contribution is -1.93. The van der Waals surface area contributed by atoms with Gasteiger partial charge in [-0.25, -0.2) is 13.8 Å². The van der Waals surface area contributed by atoms with Crippen LogP contribution in [0.2, 0.25) is 0 Å². The molecule has 0 amide bonds. The van der Waals surface area contributed by atoms with Gasteiger partial charge in [-0.3, -0.25) is 0 Å². The number of pyridine rings is 1. The van der Waals surface area contributed by atoms with Crippen molar-refractivity contribution in [3.63, 3.8) is 0 Å². The number of nitrogens with two attached hydrogens (primary N) is 2. The predicted molar refractivity (Wildman–Crippen MR) is 109 cm³/mol. The highest BCUT2D eigenvalue weighted by Gasteiger charge is 2.11. The van der Waals surface area contributed by atoms with Gasteiger partial charge in [-0.05, 0) is 59.7 Å². The molecular weight excluding hydrogens is 356 g/mol. The Balaban J connectivity index is 1.90. The van der Waals surface area contributed by atoms with E-state index in [1.165, 1.54) is 6.07 Å². The van der Waals surface area contributed by atoms with Gasteiger partial charge in [0.2, 0.25) is 0 Å². The highest BCUT2D eigenvalue weighted by molar-refractivity contribution is 5.77. The molecule has 3 nitrogen and oxygen atoms in total. The molecule has 0 bridgehead atoms. The summed E-state index contributed by atoms with van der Waals surface area (Å²) in [5.41, 5.74) is 17.3. The minimum Gasteiger partial charge on any atom is -0.399 e. The summed E-state index contributed by atoms with van der Waals surface area (Å²) in [6.45, 7) is 0. The van der Waals surface area contributed by atoms with Gasteiger partial charge in [0.05, 0.1) is 11.4 Å². The van der Waals surface area contributed by atoms with E-state index in [9.17, 15) is 8.78 Å². The topological polar surface area (TPSA) is 64.9 Å². The maximum Gasteiger partial charge on any atom is 0.159 e. The van der Waals surface area contributed by atoms with E-state index in [0.717, 1.165) is 22.8 Å². The summed E-state index contributed by atoms with van der Waals surface area (Å²) in [5, 5.41) is 0. The van der Waals surface area contributed by atoms with Gasteiger partial charge in [0.1, 0.15) is 0 Å². The van der Waals surface area contributed by atoms with E-state index in [-0.39, 0.29) is 0 Å². The van der Waals surface area contributed by atoms with Gasteiger partial charge in [0.15, 0.2) is 11.6 Å². The normalized spacial score (nSPS) is 10.8. The molecule has 0 aliphatic carbocycles. The van der Waals surface area contributed by atoms with Crippen molar-refractivity contribution in [3.8, 4) is 33.6 Å². The molecule has 3 aromatic carbocycles. The average Bonchev–Trinajstić information content (AvgIpc) is 2.71. The first-order valence-electron chi connectivity index (χ1n) is 8.69. The fourth-order valence-corrected chi connectivity index (χ4v) is 2.98. The molecule has 0 aliphatic rings. The summed E-state index contributed by atoms with van der Waals surface area (Å²) in [6.07, 6.45) is 0. The summed E-state index contributed by atoms with van der Waals surface area (Å²) in [7, 11) is 0. The van der Waals surface area contributed by atoms with Crippen LogP contribution < -0.4 is 11.5 Å². The van der Waals surface area contributed by atoms with E-state index < -0.39 is 11.6 Å². The largest absolute Gasteiger partial charge is 0.399 e. The SMILES string of the molecule is Nc1ccc(-c2cc(-c3ccc(F)c(F)c3)cc(-c3ccc(N)cc3)n2)cc1. The molecule has 138 valence electrons. The van der Waals surface area contributed by atoms with Crippen molar-refractivity contribution in [1.82, 2.24) is 4.98 Å². The van der Waals surface area contributed by atoms with Gasteiger partial charge in [-0.1, -0.05) is 30.3 Å². The van der Waals surface area contributed by atoms with Crippen molar-refractivity contribution in [2.24, 2.45) is 0 Å². The molecule has 0 radical (unpaired) electrons. The maximum absolute atomic E-state index is 13.8. The average molecular weight is 373 g/mol. The third kappa shape index (κ3) is 3.55. The molecule has 1 heterocycles. The number of benzene rings is 3. The molecule has 0 saturated heterocycles. The molecule has 0 aliphatic heterocycles. The fraction of sp³-hybridized carbons (Fsp3) is 0. The minimum absolute atomic E-state index is 0.565. The Hall–Kier alpha value is -3.73. The van der Waals surface area contributed by atoms with Crippen molar-refractivity contribution in [1.29, 1.82) is 0 Å². The number of hydrogen-bond acceptors (Lipinski definition) is 3. The van der Waals surface area contributed by atoms with Crippen LogP contribution in [-0.2, 0) is 0 Å². The molecule has 4 aromatic rings. The lowest BCUT2D eigenvalue weighted by molar-refractivity contribution is 0.509. The van der Waals surface area contributed by atoms with Crippen LogP contribution in [0.15, 0.2) is 78.9 Å². The van der Waals surface area contributed by atoms with Gasteiger partial charge in [-0.15, -0.1) is 0 Å². The number of nitrogen functional groups attached to an aromatic ring is 2. The van der Waals surface area contributed by atoms with Gasteiger partial charge in [0.25, 0.3) is 0 Å². The van der Waals surface area contributed by atoms with Crippen molar-refractivity contribution < 1.29 is 8.78 Å². The molecule has 5 heteroatoms. The fourth-order valence-electron chi connectivity index (χ4n) is 2.98. The van der Waals surface area contributed by atoms with Crippen LogP contribution >= 0.6 is 0 Å². The molecular formula is C23H17F2N3. The molecule has 0 saturated carbocycles. The number of anilines is 2. The molecule has 0 atom stereocenters. The van der Waals surface area contributed by atoms with Crippen LogP contribution in [0, 0.1) is 11.6 Å². The lowest BCUT2D eigenvalue weighted by atomic mass is 9.99. The predicted octanol–water partition coefficient (Wildman–Crippen LogP) is 5.53. The van der Waals surface area contributed by atoms with Crippen molar-refractivity contribution in [2.75, 3.05) is 11.5 Å². The number of hydrogen-bond donors (Lipinski definition) is 2. The Kier molecular flexibility index (Phi) is 4.49. The first kappa shape index (κ1) is 17.7. The molecule has 0 spiro atoms. The maximum atomic E-state index is 13.8. The molecule has 1 aromatic heterocycles. The number of halogens is 2. The van der Waals surface area contributed by atoms with E-state index in [1.807, 2.05) is 36.4 Å². The van der Waals surface area contributed by atoms with Crippen molar-refractivity contribution in [2.45, 2.75) is 0 Å². The first-order chi connectivity index (χ1) is 13.5. The Morgan fingerprint density at radius 3 is 1.43 bits per heavy atom. The quantitative estimate of drug-likeness (QED) is 0.464. The third-order valence-electron chi connectivity index (χ3n) is 4.49. The van der Waals surface area contributed by atoms with Crippen LogP contribution in [0.3, 0.4) is 0 Å². The highest BCUT2D eigenvalue weighted by atomic mass is 19.2. The Morgan fingerprint density at radius 2 is 0.964 bits per heavy atom. The van der Waals surface area contributed by atoms with E-state index in [0.29, 0.717) is 28.3 Å². The summed E-state index contributed by atoms with van der Waals surface area (Å²) >= 11 is 0. The van der Waals surface area contributed by atoms with Crippen LogP contribution in [0.4, 0.5) is 20.2 Å². The highest BCUT2D eigenvalue weighted by Crippen LogP contribution is 2.31. The Labute approximate surface area is 161 Å². The zero-order chi connectivity index (χ0) is 19.7. The summed E-state index contributed by atoms with van der Waals surface area (Å²) < 4.78 is 27.1. The standard InChI is InChI=1S/C23H17F2N3/c24-20-10-5-16(11-21(20)25)17-12-22(14-1-6-18(26)7-2-14)28-23(13-17)15-3-8-19(27)9-4-15/h1-13H,26-27H2. The van der Waals surface area contributed by atoms with Gasteiger partial charge in [-0.2, -0.15) is 0 Å². The molecule has 0 fully saturated rings. The summed E-state index contributed by atoms with van der Waals surface area (Å²) in [6, 6.07) is 22.2. The van der Waals surface area contributed by atoms with Crippen LogP contribution in [-0.4, -0.2) is 4.98 Å². The van der Waals surface area contributed by atoms with Crippen LogP contribution in [0.25, 0.3) is 33.6 Å². The minimum atomic E-state index is -0.891. The van der Waals surface area contributed by atoms with Gasteiger partial charge >= 0.3 is 0 Å².